The molecule has 6 nitrogen and oxygen atoms in total. The minimum atomic E-state index is -0.0123. The van der Waals surface area contributed by atoms with Crippen LogP contribution in [0.3, 0.4) is 0 Å². The highest BCUT2D eigenvalue weighted by molar-refractivity contribution is 5.93. The van der Waals surface area contributed by atoms with Crippen molar-refractivity contribution in [2.45, 2.75) is 25.8 Å². The van der Waals surface area contributed by atoms with Crippen LogP contribution in [0.1, 0.15) is 17.8 Å². The summed E-state index contributed by atoms with van der Waals surface area (Å²) < 4.78 is 1.99. The van der Waals surface area contributed by atoms with Crippen molar-refractivity contribution >= 4 is 28.5 Å². The molecule has 0 bridgehead atoms. The summed E-state index contributed by atoms with van der Waals surface area (Å²) in [6.45, 7) is 0.772. The molecule has 0 unspecified atom stereocenters. The average molecular weight is 441 g/mol. The Bertz CT molecular complexity index is 1220. The van der Waals surface area contributed by atoms with Gasteiger partial charge in [0.15, 0.2) is 0 Å². The van der Waals surface area contributed by atoms with Crippen molar-refractivity contribution in [1.29, 1.82) is 0 Å². The summed E-state index contributed by atoms with van der Waals surface area (Å²) >= 11 is 0. The van der Waals surface area contributed by atoms with Crippen molar-refractivity contribution in [2.24, 2.45) is 0 Å². The summed E-state index contributed by atoms with van der Waals surface area (Å²) in [5.74, 6) is 0.847. The monoisotopic (exact) mass is 440 g/mol. The van der Waals surface area contributed by atoms with E-state index in [-0.39, 0.29) is 18.4 Å². The maximum absolute atomic E-state index is 13.0. The van der Waals surface area contributed by atoms with E-state index in [0.29, 0.717) is 19.4 Å². The third kappa shape index (κ3) is 5.66. The highest BCUT2D eigenvalue weighted by atomic mass is 16.2. The Morgan fingerprint density at radius 1 is 0.909 bits per heavy atom. The second-order valence-corrected chi connectivity index (χ2v) is 8.01. The largest absolute Gasteiger partial charge is 0.356 e. The number of nitrogens with zero attached hydrogens (tertiary/aromatic N) is 3. The molecule has 0 radical (unpaired) electrons. The molecule has 6 heteroatoms. The Balaban J connectivity index is 1.40. The van der Waals surface area contributed by atoms with Crippen LogP contribution in [-0.4, -0.2) is 35.0 Å². The summed E-state index contributed by atoms with van der Waals surface area (Å²) in [5, 5.41) is 2.98. The first-order valence-electron chi connectivity index (χ1n) is 11.2. The Kier molecular flexibility index (Phi) is 7.15. The number of rotatable bonds is 9. The molecule has 0 atom stereocenters. The van der Waals surface area contributed by atoms with Gasteiger partial charge < -0.3 is 14.8 Å². The molecule has 0 fully saturated rings. The smallest absolute Gasteiger partial charge is 0.246 e. The Morgan fingerprint density at radius 3 is 2.33 bits per heavy atom. The molecule has 168 valence electrons. The standard InChI is InChI=1S/C27H28N4O2/c1-30(22-13-6-3-7-14-22)27(33)20-31-24-16-9-8-15-23(24)29-25(31)17-10-18-28-26(32)19-21-11-4-2-5-12-21/h2-9,11-16H,10,17-20H2,1H3,(H,28,32). The van der Waals surface area contributed by atoms with Crippen LogP contribution < -0.4 is 10.2 Å². The van der Waals surface area contributed by atoms with E-state index in [1.54, 1.807) is 11.9 Å². The lowest BCUT2D eigenvalue weighted by Crippen LogP contribution is -2.30. The number of imidazole rings is 1. The zero-order valence-corrected chi connectivity index (χ0v) is 18.8. The van der Waals surface area contributed by atoms with Crippen molar-refractivity contribution < 1.29 is 9.59 Å². The van der Waals surface area contributed by atoms with Crippen molar-refractivity contribution in [3.63, 3.8) is 0 Å². The molecule has 0 saturated carbocycles. The van der Waals surface area contributed by atoms with Gasteiger partial charge in [-0.1, -0.05) is 60.7 Å². The molecule has 3 aromatic carbocycles. The number of aryl methyl sites for hydroxylation is 1. The van der Waals surface area contributed by atoms with E-state index in [1.807, 2.05) is 89.5 Å². The topological polar surface area (TPSA) is 67.2 Å². The van der Waals surface area contributed by atoms with E-state index in [9.17, 15) is 9.59 Å². The van der Waals surface area contributed by atoms with Crippen LogP contribution in [0.5, 0.6) is 0 Å². The predicted octanol–water partition coefficient (Wildman–Crippen LogP) is 3.99. The quantitative estimate of drug-likeness (QED) is 0.400. The lowest BCUT2D eigenvalue weighted by molar-refractivity contribution is -0.120. The van der Waals surface area contributed by atoms with Gasteiger partial charge in [0, 0.05) is 25.7 Å². The van der Waals surface area contributed by atoms with Crippen LogP contribution >= 0.6 is 0 Å². The predicted molar refractivity (Wildman–Crippen MR) is 131 cm³/mol. The minimum Gasteiger partial charge on any atom is -0.356 e. The third-order valence-electron chi connectivity index (χ3n) is 5.65. The second-order valence-electron chi connectivity index (χ2n) is 8.01. The van der Waals surface area contributed by atoms with Crippen LogP contribution in [0.25, 0.3) is 11.0 Å². The van der Waals surface area contributed by atoms with E-state index >= 15 is 0 Å². The number of aromatic nitrogens is 2. The molecule has 33 heavy (non-hydrogen) atoms. The van der Waals surface area contributed by atoms with Gasteiger partial charge in [0.25, 0.3) is 0 Å². The molecule has 4 aromatic rings. The summed E-state index contributed by atoms with van der Waals surface area (Å²) in [5.41, 5.74) is 3.67. The highest BCUT2D eigenvalue weighted by Crippen LogP contribution is 2.19. The number of para-hydroxylation sites is 3. The zero-order valence-electron chi connectivity index (χ0n) is 18.8. The molecule has 1 N–H and O–H groups in total. The Morgan fingerprint density at radius 2 is 1.58 bits per heavy atom. The summed E-state index contributed by atoms with van der Waals surface area (Å²) in [4.78, 5) is 31.7. The minimum absolute atomic E-state index is 0.00867. The number of anilines is 1. The van der Waals surface area contributed by atoms with Crippen molar-refractivity contribution in [2.75, 3.05) is 18.5 Å². The Hall–Kier alpha value is -3.93. The molecule has 4 rings (SSSR count). The van der Waals surface area contributed by atoms with Crippen LogP contribution in [0.15, 0.2) is 84.9 Å². The van der Waals surface area contributed by atoms with Gasteiger partial charge in [-0.25, -0.2) is 4.98 Å². The van der Waals surface area contributed by atoms with Gasteiger partial charge in [0.05, 0.1) is 17.5 Å². The maximum atomic E-state index is 13.0. The van der Waals surface area contributed by atoms with Gasteiger partial charge in [-0.05, 0) is 36.2 Å². The number of nitrogens with one attached hydrogen (secondary N) is 1. The van der Waals surface area contributed by atoms with Gasteiger partial charge in [-0.2, -0.15) is 0 Å². The second kappa shape index (κ2) is 10.6. The molecule has 0 saturated heterocycles. The van der Waals surface area contributed by atoms with Gasteiger partial charge in [0.1, 0.15) is 12.4 Å². The number of fused-ring (bicyclic) bond motifs is 1. The first kappa shape index (κ1) is 22.3. The molecule has 0 aliphatic heterocycles. The van der Waals surface area contributed by atoms with E-state index in [4.69, 9.17) is 4.98 Å². The summed E-state index contributed by atoms with van der Waals surface area (Å²) in [7, 11) is 1.79. The van der Waals surface area contributed by atoms with Crippen LogP contribution in [0.4, 0.5) is 5.69 Å². The Labute approximate surface area is 193 Å². The fraction of sp³-hybridized carbons (Fsp3) is 0.222. The van der Waals surface area contributed by atoms with E-state index in [1.165, 1.54) is 0 Å². The SMILES string of the molecule is CN(C(=O)Cn1c(CCCNC(=O)Cc2ccccc2)nc2ccccc21)c1ccccc1. The zero-order chi connectivity index (χ0) is 23.0. The van der Waals surface area contributed by atoms with Gasteiger partial charge >= 0.3 is 0 Å². The van der Waals surface area contributed by atoms with Gasteiger partial charge in [-0.3, -0.25) is 9.59 Å². The first-order chi connectivity index (χ1) is 16.1. The molecular formula is C27H28N4O2. The number of carbonyl (C=O) groups excluding carboxylic acids is 2. The summed E-state index contributed by atoms with van der Waals surface area (Å²) in [6, 6.07) is 27.2. The fourth-order valence-corrected chi connectivity index (χ4v) is 3.85. The lowest BCUT2D eigenvalue weighted by Gasteiger charge is -2.18. The van der Waals surface area contributed by atoms with Crippen LogP contribution in [-0.2, 0) is 29.0 Å². The first-order valence-corrected chi connectivity index (χ1v) is 11.2. The molecule has 0 aliphatic rings. The lowest BCUT2D eigenvalue weighted by atomic mass is 10.1. The number of likely N-dealkylation sites (N-methyl/N-ethyl adjacent to an activating group) is 1. The fourth-order valence-electron chi connectivity index (χ4n) is 3.85. The highest BCUT2D eigenvalue weighted by Gasteiger charge is 2.17. The number of carbonyl (C=O) groups is 2. The number of benzene rings is 3. The van der Waals surface area contributed by atoms with Crippen molar-refractivity contribution in [3.05, 3.63) is 96.3 Å². The van der Waals surface area contributed by atoms with E-state index in [0.717, 1.165) is 34.5 Å². The number of hydrogen-bond donors (Lipinski definition) is 1. The maximum Gasteiger partial charge on any atom is 0.246 e. The molecule has 1 aromatic heterocycles. The van der Waals surface area contributed by atoms with Crippen molar-refractivity contribution in [3.8, 4) is 0 Å². The van der Waals surface area contributed by atoms with Gasteiger partial charge in [-0.15, -0.1) is 0 Å². The van der Waals surface area contributed by atoms with E-state index < -0.39 is 0 Å². The third-order valence-corrected chi connectivity index (χ3v) is 5.65. The normalized spacial score (nSPS) is 10.8. The number of hydrogen-bond acceptors (Lipinski definition) is 3. The molecule has 0 aliphatic carbocycles. The van der Waals surface area contributed by atoms with Crippen molar-refractivity contribution in [1.82, 2.24) is 14.9 Å². The molecule has 2 amide bonds. The van der Waals surface area contributed by atoms with Crippen LogP contribution in [0.2, 0.25) is 0 Å². The number of amides is 2. The average Bonchev–Trinajstić information content (AvgIpc) is 3.19. The summed E-state index contributed by atoms with van der Waals surface area (Å²) in [6.07, 6.45) is 1.79. The van der Waals surface area contributed by atoms with E-state index in [2.05, 4.69) is 5.32 Å². The van der Waals surface area contributed by atoms with Gasteiger partial charge in [0.2, 0.25) is 11.8 Å². The molecular weight excluding hydrogens is 412 g/mol. The molecule has 1 heterocycles. The van der Waals surface area contributed by atoms with Crippen LogP contribution in [0, 0.1) is 0 Å². The molecule has 0 spiro atoms.